The smallest absolute Gasteiger partial charge is 0.223 e. The molecule has 1 amide bonds. The standard InChI is InChI=1S/C15H28N2O.ClH/c1-15(2,3)13-8-5-9-17(13)14(18)10-11-6-4-7-12(11)16;/h11-13H,4-10,16H2,1-3H3;1H/t11-,12+,13?;/m0./s1. The molecular weight excluding hydrogens is 260 g/mol. The molecule has 1 aliphatic carbocycles. The van der Waals surface area contributed by atoms with E-state index in [0.717, 1.165) is 32.2 Å². The van der Waals surface area contributed by atoms with Crippen LogP contribution in [0.5, 0.6) is 0 Å². The third-order valence-corrected chi connectivity index (χ3v) is 4.73. The third-order valence-electron chi connectivity index (χ3n) is 4.73. The van der Waals surface area contributed by atoms with Crippen molar-refractivity contribution < 1.29 is 4.79 Å². The predicted molar refractivity (Wildman–Crippen MR) is 81.4 cm³/mol. The zero-order valence-corrected chi connectivity index (χ0v) is 13.3. The number of hydrogen-bond acceptors (Lipinski definition) is 2. The molecule has 112 valence electrons. The summed E-state index contributed by atoms with van der Waals surface area (Å²) in [7, 11) is 0. The van der Waals surface area contributed by atoms with E-state index in [1.807, 2.05) is 0 Å². The molecule has 1 saturated heterocycles. The summed E-state index contributed by atoms with van der Waals surface area (Å²) >= 11 is 0. The normalized spacial score (nSPS) is 31.4. The van der Waals surface area contributed by atoms with Crippen molar-refractivity contribution in [3.8, 4) is 0 Å². The number of amides is 1. The molecule has 1 saturated carbocycles. The summed E-state index contributed by atoms with van der Waals surface area (Å²) in [6.07, 6.45) is 6.42. The summed E-state index contributed by atoms with van der Waals surface area (Å²) in [5.41, 5.74) is 6.27. The predicted octanol–water partition coefficient (Wildman–Crippen LogP) is 2.96. The van der Waals surface area contributed by atoms with Gasteiger partial charge in [0.25, 0.3) is 0 Å². The van der Waals surface area contributed by atoms with Crippen LogP contribution in [0.4, 0.5) is 0 Å². The Labute approximate surface area is 123 Å². The van der Waals surface area contributed by atoms with Crippen LogP contribution in [0.15, 0.2) is 0 Å². The van der Waals surface area contributed by atoms with Crippen LogP contribution >= 0.6 is 12.4 Å². The zero-order chi connectivity index (χ0) is 13.3. The van der Waals surface area contributed by atoms with Crippen molar-refractivity contribution in [1.29, 1.82) is 0 Å². The number of halogens is 1. The molecule has 0 aromatic rings. The Morgan fingerprint density at radius 2 is 1.89 bits per heavy atom. The van der Waals surface area contributed by atoms with E-state index in [1.165, 1.54) is 6.42 Å². The number of nitrogens with two attached hydrogens (primary N) is 1. The molecule has 0 spiro atoms. The van der Waals surface area contributed by atoms with E-state index in [2.05, 4.69) is 25.7 Å². The lowest BCUT2D eigenvalue weighted by Crippen LogP contribution is -2.44. The van der Waals surface area contributed by atoms with Crippen LogP contribution in [0, 0.1) is 11.3 Å². The minimum Gasteiger partial charge on any atom is -0.339 e. The van der Waals surface area contributed by atoms with Gasteiger partial charge >= 0.3 is 0 Å². The molecule has 2 aliphatic rings. The molecule has 0 bridgehead atoms. The quantitative estimate of drug-likeness (QED) is 0.849. The van der Waals surface area contributed by atoms with Crippen LogP contribution < -0.4 is 5.73 Å². The van der Waals surface area contributed by atoms with E-state index in [-0.39, 0.29) is 23.9 Å². The van der Waals surface area contributed by atoms with Crippen molar-refractivity contribution in [2.75, 3.05) is 6.54 Å². The fourth-order valence-corrected chi connectivity index (χ4v) is 3.63. The Bertz CT molecular complexity index is 314. The van der Waals surface area contributed by atoms with Crippen molar-refractivity contribution in [3.63, 3.8) is 0 Å². The molecule has 0 aromatic heterocycles. The molecule has 2 fully saturated rings. The maximum Gasteiger partial charge on any atom is 0.223 e. The van der Waals surface area contributed by atoms with E-state index < -0.39 is 0 Å². The first kappa shape index (κ1) is 16.8. The largest absolute Gasteiger partial charge is 0.339 e. The van der Waals surface area contributed by atoms with Gasteiger partial charge in [-0.15, -0.1) is 12.4 Å². The van der Waals surface area contributed by atoms with Crippen molar-refractivity contribution >= 4 is 18.3 Å². The van der Waals surface area contributed by atoms with Crippen LogP contribution in [0.3, 0.4) is 0 Å². The molecule has 3 nitrogen and oxygen atoms in total. The SMILES string of the molecule is CC(C)(C)C1CCCN1C(=O)C[C@@H]1CCC[C@H]1N.Cl. The van der Waals surface area contributed by atoms with Crippen molar-refractivity contribution in [2.45, 2.75) is 71.4 Å². The highest BCUT2D eigenvalue weighted by atomic mass is 35.5. The van der Waals surface area contributed by atoms with Gasteiger partial charge in [-0.2, -0.15) is 0 Å². The first-order chi connectivity index (χ1) is 8.39. The molecule has 1 heterocycles. The van der Waals surface area contributed by atoms with Crippen LogP contribution in [0.2, 0.25) is 0 Å². The minimum atomic E-state index is 0. The molecule has 2 rings (SSSR count). The first-order valence-corrected chi connectivity index (χ1v) is 7.44. The lowest BCUT2D eigenvalue weighted by molar-refractivity contribution is -0.135. The maximum absolute atomic E-state index is 12.5. The molecule has 1 unspecified atom stereocenters. The van der Waals surface area contributed by atoms with Gasteiger partial charge in [0, 0.05) is 25.0 Å². The van der Waals surface area contributed by atoms with Gasteiger partial charge in [0.15, 0.2) is 0 Å². The highest BCUT2D eigenvalue weighted by molar-refractivity contribution is 5.85. The summed E-state index contributed by atoms with van der Waals surface area (Å²) in [6.45, 7) is 7.67. The Morgan fingerprint density at radius 3 is 2.42 bits per heavy atom. The lowest BCUT2D eigenvalue weighted by atomic mass is 9.85. The summed E-state index contributed by atoms with van der Waals surface area (Å²) < 4.78 is 0. The average molecular weight is 289 g/mol. The van der Waals surface area contributed by atoms with Crippen molar-refractivity contribution in [2.24, 2.45) is 17.1 Å². The van der Waals surface area contributed by atoms with Gasteiger partial charge in [-0.3, -0.25) is 4.79 Å². The second-order valence-electron chi connectivity index (χ2n) is 7.17. The molecule has 4 heteroatoms. The molecule has 3 atom stereocenters. The van der Waals surface area contributed by atoms with Gasteiger partial charge in [0.1, 0.15) is 0 Å². The Morgan fingerprint density at radius 1 is 1.21 bits per heavy atom. The fourth-order valence-electron chi connectivity index (χ4n) is 3.63. The third kappa shape index (κ3) is 3.85. The highest BCUT2D eigenvalue weighted by Gasteiger charge is 2.38. The second kappa shape index (κ2) is 6.45. The first-order valence-electron chi connectivity index (χ1n) is 7.44. The topological polar surface area (TPSA) is 46.3 Å². The molecule has 19 heavy (non-hydrogen) atoms. The van der Waals surface area contributed by atoms with E-state index in [9.17, 15) is 4.79 Å². The Kier molecular flexibility index (Phi) is 5.69. The van der Waals surface area contributed by atoms with Crippen LogP contribution in [0.25, 0.3) is 0 Å². The average Bonchev–Trinajstić information content (AvgIpc) is 2.86. The molecule has 0 aromatic carbocycles. The van der Waals surface area contributed by atoms with Gasteiger partial charge in [-0.25, -0.2) is 0 Å². The van der Waals surface area contributed by atoms with Gasteiger partial charge < -0.3 is 10.6 Å². The van der Waals surface area contributed by atoms with Gasteiger partial charge in [0.2, 0.25) is 5.91 Å². The monoisotopic (exact) mass is 288 g/mol. The van der Waals surface area contributed by atoms with Gasteiger partial charge in [0.05, 0.1) is 0 Å². The molecule has 0 radical (unpaired) electrons. The van der Waals surface area contributed by atoms with E-state index >= 15 is 0 Å². The van der Waals surface area contributed by atoms with E-state index in [1.54, 1.807) is 0 Å². The number of likely N-dealkylation sites (tertiary alicyclic amines) is 1. The summed E-state index contributed by atoms with van der Waals surface area (Å²) in [6, 6.07) is 0.673. The second-order valence-corrected chi connectivity index (χ2v) is 7.17. The number of nitrogens with zero attached hydrogens (tertiary/aromatic N) is 1. The summed E-state index contributed by atoms with van der Waals surface area (Å²) in [4.78, 5) is 14.6. The lowest BCUT2D eigenvalue weighted by Gasteiger charge is -2.35. The Hall–Kier alpha value is -0.280. The Balaban J connectivity index is 0.00000180. The fraction of sp³-hybridized carbons (Fsp3) is 0.933. The highest BCUT2D eigenvalue weighted by Crippen LogP contribution is 2.34. The molecule has 2 N–H and O–H groups in total. The van der Waals surface area contributed by atoms with Gasteiger partial charge in [-0.1, -0.05) is 27.2 Å². The van der Waals surface area contributed by atoms with Crippen LogP contribution in [-0.4, -0.2) is 29.4 Å². The van der Waals surface area contributed by atoms with E-state index in [0.29, 0.717) is 24.3 Å². The number of carbonyl (C=O) groups is 1. The molecular formula is C15H29ClN2O. The van der Waals surface area contributed by atoms with Crippen molar-refractivity contribution in [3.05, 3.63) is 0 Å². The number of carbonyl (C=O) groups excluding carboxylic acids is 1. The summed E-state index contributed by atoms with van der Waals surface area (Å²) in [5.74, 6) is 0.772. The minimum absolute atomic E-state index is 0. The molecule has 1 aliphatic heterocycles. The zero-order valence-electron chi connectivity index (χ0n) is 12.5. The van der Waals surface area contributed by atoms with Crippen molar-refractivity contribution in [1.82, 2.24) is 4.90 Å². The number of rotatable bonds is 2. The maximum atomic E-state index is 12.5. The van der Waals surface area contributed by atoms with Crippen LogP contribution in [0.1, 0.15) is 59.3 Å². The van der Waals surface area contributed by atoms with Crippen LogP contribution in [-0.2, 0) is 4.79 Å². The van der Waals surface area contributed by atoms with E-state index in [4.69, 9.17) is 5.73 Å². The summed E-state index contributed by atoms with van der Waals surface area (Å²) in [5, 5.41) is 0. The number of hydrogen-bond donors (Lipinski definition) is 1. The van der Waals surface area contributed by atoms with Gasteiger partial charge in [-0.05, 0) is 37.0 Å².